The number of nitrogens with zero attached hydrogens (tertiary/aromatic N) is 2. The molecule has 0 aliphatic heterocycles. The van der Waals surface area contributed by atoms with Crippen LogP contribution >= 0.6 is 11.3 Å². The molecule has 0 aliphatic carbocycles. The quantitative estimate of drug-likeness (QED) is 0.746. The summed E-state index contributed by atoms with van der Waals surface area (Å²) in [6.07, 6.45) is -1.24. The Morgan fingerprint density at radius 3 is 2.43 bits per heavy atom. The number of hydrogen-bond acceptors (Lipinski definition) is 4. The molecule has 0 amide bonds. The Labute approximate surface area is 128 Å². The molecule has 0 spiro atoms. The van der Waals surface area contributed by atoms with Gasteiger partial charge in [-0.1, -0.05) is 20.8 Å². The van der Waals surface area contributed by atoms with Crippen LogP contribution in [0.5, 0.6) is 0 Å². The lowest BCUT2D eigenvalue weighted by Crippen LogP contribution is -2.29. The second-order valence-corrected chi connectivity index (χ2v) is 5.95. The van der Waals surface area contributed by atoms with Gasteiger partial charge in [-0.3, -0.25) is 0 Å². The van der Waals surface area contributed by atoms with E-state index in [4.69, 9.17) is 0 Å². The lowest BCUT2D eigenvalue weighted by Gasteiger charge is -2.22. The number of rotatable bonds is 9. The smallest absolute Gasteiger partial charge is 0.309 e. The van der Waals surface area contributed by atoms with Crippen LogP contribution in [0.2, 0.25) is 0 Å². The average Bonchev–Trinajstić information content (AvgIpc) is 2.92. The van der Waals surface area contributed by atoms with E-state index in [0.717, 1.165) is 50.4 Å². The summed E-state index contributed by atoms with van der Waals surface area (Å²) in [6, 6.07) is -0.0563. The van der Waals surface area contributed by atoms with Gasteiger partial charge in [0.2, 0.25) is 0 Å². The Morgan fingerprint density at radius 1 is 1.29 bits per heavy atom. The minimum atomic E-state index is -4.35. The Hall–Kier alpha value is -0.660. The van der Waals surface area contributed by atoms with Crippen LogP contribution in [0, 0.1) is 0 Å². The Kier molecular flexibility index (Phi) is 7.62. The van der Waals surface area contributed by atoms with Crippen LogP contribution in [-0.2, 0) is 6.18 Å². The molecule has 0 saturated carbocycles. The van der Waals surface area contributed by atoms with Crippen molar-refractivity contribution in [2.45, 2.75) is 45.8 Å². The molecule has 1 rings (SSSR count). The van der Waals surface area contributed by atoms with Gasteiger partial charge in [0.1, 0.15) is 0 Å². The number of thiazole rings is 1. The monoisotopic (exact) mass is 323 g/mol. The molecule has 1 aromatic rings. The number of aromatic nitrogens is 1. The lowest BCUT2D eigenvalue weighted by molar-refractivity contribution is -0.137. The number of nitrogens with one attached hydrogen (secondary N) is 1. The van der Waals surface area contributed by atoms with E-state index in [9.17, 15) is 13.2 Å². The molecular weight excluding hydrogens is 299 g/mol. The molecule has 3 nitrogen and oxygen atoms in total. The van der Waals surface area contributed by atoms with Crippen molar-refractivity contribution >= 4 is 11.3 Å². The first-order valence-corrected chi connectivity index (χ1v) is 8.22. The number of hydrogen-bond donors (Lipinski definition) is 1. The third kappa shape index (κ3) is 5.92. The number of halogens is 3. The minimum absolute atomic E-state index is 0.0563. The van der Waals surface area contributed by atoms with Gasteiger partial charge in [-0.05, 0) is 39.0 Å². The molecule has 1 aromatic heterocycles. The van der Waals surface area contributed by atoms with Crippen molar-refractivity contribution in [1.29, 1.82) is 0 Å². The molecule has 1 unspecified atom stereocenters. The molecule has 122 valence electrons. The van der Waals surface area contributed by atoms with Gasteiger partial charge in [-0.25, -0.2) is 4.98 Å². The number of alkyl halides is 3. The first-order chi connectivity index (χ1) is 9.92. The SMILES string of the molecule is CCCNC(CCN(CC)CC)c1cnc(C(F)(F)F)s1. The van der Waals surface area contributed by atoms with Gasteiger partial charge in [0.25, 0.3) is 0 Å². The molecule has 0 bridgehead atoms. The van der Waals surface area contributed by atoms with Crippen molar-refractivity contribution in [2.75, 3.05) is 26.2 Å². The van der Waals surface area contributed by atoms with Crippen molar-refractivity contribution in [3.63, 3.8) is 0 Å². The van der Waals surface area contributed by atoms with Crippen molar-refractivity contribution in [1.82, 2.24) is 15.2 Å². The van der Waals surface area contributed by atoms with E-state index in [-0.39, 0.29) is 6.04 Å². The molecule has 1 atom stereocenters. The van der Waals surface area contributed by atoms with Gasteiger partial charge < -0.3 is 10.2 Å². The largest absolute Gasteiger partial charge is 0.443 e. The van der Waals surface area contributed by atoms with Gasteiger partial charge in [0, 0.05) is 17.1 Å². The molecule has 0 saturated heterocycles. The predicted molar refractivity (Wildman–Crippen MR) is 80.6 cm³/mol. The predicted octanol–water partition coefficient (Wildman–Crippen LogP) is 3.93. The summed E-state index contributed by atoms with van der Waals surface area (Å²) in [5.74, 6) is 0. The third-order valence-electron chi connectivity index (χ3n) is 3.38. The second kappa shape index (κ2) is 8.70. The molecule has 1 heterocycles. The molecule has 0 fully saturated rings. The van der Waals surface area contributed by atoms with Crippen LogP contribution in [0.4, 0.5) is 13.2 Å². The Balaban J connectivity index is 2.74. The molecule has 0 radical (unpaired) electrons. The maximum atomic E-state index is 12.7. The van der Waals surface area contributed by atoms with Crippen LogP contribution < -0.4 is 5.32 Å². The highest BCUT2D eigenvalue weighted by Gasteiger charge is 2.35. The summed E-state index contributed by atoms with van der Waals surface area (Å²) < 4.78 is 38.0. The van der Waals surface area contributed by atoms with E-state index in [1.54, 1.807) is 0 Å². The highest BCUT2D eigenvalue weighted by Crippen LogP contribution is 2.35. The minimum Gasteiger partial charge on any atom is -0.309 e. The summed E-state index contributed by atoms with van der Waals surface area (Å²) in [6.45, 7) is 9.79. The van der Waals surface area contributed by atoms with E-state index >= 15 is 0 Å². The standard InChI is InChI=1S/C14H24F3N3S/c1-4-8-18-11(7-9-20(5-2)6-3)12-10-19-13(21-12)14(15,16)17/h10-11,18H,4-9H2,1-3H3. The fourth-order valence-electron chi connectivity index (χ4n) is 2.09. The Bertz CT molecular complexity index is 402. The topological polar surface area (TPSA) is 28.2 Å². The Morgan fingerprint density at radius 2 is 1.95 bits per heavy atom. The fourth-order valence-corrected chi connectivity index (χ4v) is 2.99. The van der Waals surface area contributed by atoms with Crippen LogP contribution in [-0.4, -0.2) is 36.1 Å². The van der Waals surface area contributed by atoms with E-state index in [1.165, 1.54) is 6.20 Å². The van der Waals surface area contributed by atoms with Crippen molar-refractivity contribution in [3.8, 4) is 0 Å². The molecule has 21 heavy (non-hydrogen) atoms. The third-order valence-corrected chi connectivity index (χ3v) is 4.53. The maximum Gasteiger partial charge on any atom is 0.443 e. The normalized spacial score (nSPS) is 13.9. The highest BCUT2D eigenvalue weighted by molar-refractivity contribution is 7.11. The maximum absolute atomic E-state index is 12.7. The van der Waals surface area contributed by atoms with E-state index in [0.29, 0.717) is 4.88 Å². The van der Waals surface area contributed by atoms with Crippen molar-refractivity contribution in [2.24, 2.45) is 0 Å². The zero-order chi connectivity index (χ0) is 15.9. The average molecular weight is 323 g/mol. The van der Waals surface area contributed by atoms with Crippen LogP contribution in [0.25, 0.3) is 0 Å². The zero-order valence-electron chi connectivity index (χ0n) is 12.8. The molecule has 1 N–H and O–H groups in total. The van der Waals surface area contributed by atoms with Gasteiger partial charge >= 0.3 is 6.18 Å². The second-order valence-electron chi connectivity index (χ2n) is 4.89. The molecule has 0 aromatic carbocycles. The van der Waals surface area contributed by atoms with E-state index < -0.39 is 11.2 Å². The molecule has 7 heteroatoms. The summed E-state index contributed by atoms with van der Waals surface area (Å²) in [5, 5.41) is 2.57. The fraction of sp³-hybridized carbons (Fsp3) is 0.786. The highest BCUT2D eigenvalue weighted by atomic mass is 32.1. The zero-order valence-corrected chi connectivity index (χ0v) is 13.7. The summed E-state index contributed by atoms with van der Waals surface area (Å²) in [5.41, 5.74) is 0. The van der Waals surface area contributed by atoms with Crippen molar-refractivity contribution < 1.29 is 13.2 Å². The van der Waals surface area contributed by atoms with Gasteiger partial charge in [0.05, 0.1) is 0 Å². The van der Waals surface area contributed by atoms with Crippen molar-refractivity contribution in [3.05, 3.63) is 16.1 Å². The lowest BCUT2D eigenvalue weighted by atomic mass is 10.1. The molecular formula is C14H24F3N3S. The summed E-state index contributed by atoms with van der Waals surface area (Å²) in [7, 11) is 0. The van der Waals surface area contributed by atoms with Crippen LogP contribution in [0.15, 0.2) is 6.20 Å². The first kappa shape index (κ1) is 18.4. The molecule has 0 aliphatic rings. The first-order valence-electron chi connectivity index (χ1n) is 7.40. The van der Waals surface area contributed by atoms with E-state index in [2.05, 4.69) is 29.0 Å². The van der Waals surface area contributed by atoms with Gasteiger partial charge in [0.15, 0.2) is 5.01 Å². The summed E-state index contributed by atoms with van der Waals surface area (Å²) in [4.78, 5) is 6.46. The summed E-state index contributed by atoms with van der Waals surface area (Å²) >= 11 is 0.748. The van der Waals surface area contributed by atoms with Crippen LogP contribution in [0.3, 0.4) is 0 Å². The van der Waals surface area contributed by atoms with Gasteiger partial charge in [-0.15, -0.1) is 11.3 Å². The van der Waals surface area contributed by atoms with Gasteiger partial charge in [-0.2, -0.15) is 13.2 Å². The van der Waals surface area contributed by atoms with E-state index in [1.807, 2.05) is 6.92 Å². The van der Waals surface area contributed by atoms with Crippen LogP contribution in [0.1, 0.15) is 49.5 Å².